The molecule has 0 fully saturated rings. The lowest BCUT2D eigenvalue weighted by Crippen LogP contribution is -1.92. The van der Waals surface area contributed by atoms with Gasteiger partial charge in [0.05, 0.1) is 13.7 Å². The molecule has 122 valence electrons. The highest BCUT2D eigenvalue weighted by atomic mass is 16.7. The van der Waals surface area contributed by atoms with Crippen LogP contribution in [0.5, 0.6) is 17.2 Å². The molecule has 0 saturated heterocycles. The third-order valence-corrected chi connectivity index (χ3v) is 3.90. The molecule has 1 aliphatic rings. The smallest absolute Gasteiger partial charge is 0.231 e. The Balaban J connectivity index is 1.81. The maximum atomic E-state index is 8.94. The second-order valence-corrected chi connectivity index (χ2v) is 5.41. The molecule has 1 aromatic heterocycles. The summed E-state index contributed by atoms with van der Waals surface area (Å²) >= 11 is 0. The van der Waals surface area contributed by atoms with Crippen LogP contribution in [-0.4, -0.2) is 25.6 Å². The van der Waals surface area contributed by atoms with Crippen molar-refractivity contribution in [2.45, 2.75) is 0 Å². The summed E-state index contributed by atoms with van der Waals surface area (Å²) in [4.78, 5) is 0. The van der Waals surface area contributed by atoms with Crippen molar-refractivity contribution < 1.29 is 23.7 Å². The summed E-state index contributed by atoms with van der Waals surface area (Å²) in [5.74, 6) is 2.83. The van der Waals surface area contributed by atoms with E-state index in [0.717, 1.165) is 28.0 Å². The van der Waals surface area contributed by atoms with Gasteiger partial charge >= 0.3 is 0 Å². The topological polar surface area (TPSA) is 61.1 Å². The lowest BCUT2D eigenvalue weighted by Gasteiger charge is -2.02. The minimum absolute atomic E-state index is 0.00577. The van der Waals surface area contributed by atoms with E-state index in [1.54, 1.807) is 13.2 Å². The van der Waals surface area contributed by atoms with Gasteiger partial charge in [-0.2, -0.15) is 0 Å². The lowest BCUT2D eigenvalue weighted by atomic mass is 10.1. The summed E-state index contributed by atoms with van der Waals surface area (Å²) in [6.45, 7) is 0.238. The highest BCUT2D eigenvalue weighted by Crippen LogP contribution is 2.39. The molecule has 24 heavy (non-hydrogen) atoms. The van der Waals surface area contributed by atoms with Gasteiger partial charge in [0.1, 0.15) is 5.76 Å². The highest BCUT2D eigenvalue weighted by molar-refractivity contribution is 5.89. The second kappa shape index (κ2) is 5.94. The SMILES string of the molecule is COc1cc(/C=C/CO)cc2cc(-c3ccc4c(c3)OCO4)oc12. The molecule has 0 atom stereocenters. The first-order valence-electron chi connectivity index (χ1n) is 7.57. The quantitative estimate of drug-likeness (QED) is 0.790. The average Bonchev–Trinajstić information content (AvgIpc) is 3.24. The standard InChI is InChI=1S/C19H16O5/c1-21-18-8-12(3-2-6-20)7-14-10-16(24-19(14)18)13-4-5-15-17(9-13)23-11-22-15/h2-5,7-10,20H,6,11H2,1H3/b3-2+. The van der Waals surface area contributed by atoms with Crippen LogP contribution in [0.3, 0.4) is 0 Å². The van der Waals surface area contributed by atoms with Crippen LogP contribution < -0.4 is 14.2 Å². The van der Waals surface area contributed by atoms with Gasteiger partial charge in [-0.3, -0.25) is 0 Å². The normalized spacial score (nSPS) is 13.1. The van der Waals surface area contributed by atoms with Crippen molar-refractivity contribution in [3.63, 3.8) is 0 Å². The van der Waals surface area contributed by atoms with Gasteiger partial charge < -0.3 is 23.7 Å². The number of fused-ring (bicyclic) bond motifs is 2. The van der Waals surface area contributed by atoms with Gasteiger partial charge in [-0.05, 0) is 42.0 Å². The lowest BCUT2D eigenvalue weighted by molar-refractivity contribution is 0.174. The monoisotopic (exact) mass is 324 g/mol. The summed E-state index contributed by atoms with van der Waals surface area (Å²) < 4.78 is 22.2. The van der Waals surface area contributed by atoms with E-state index in [4.69, 9.17) is 23.7 Å². The Morgan fingerprint density at radius 1 is 1.12 bits per heavy atom. The van der Waals surface area contributed by atoms with Gasteiger partial charge in [0.25, 0.3) is 0 Å². The summed E-state index contributed by atoms with van der Waals surface area (Å²) in [5.41, 5.74) is 2.53. The second-order valence-electron chi connectivity index (χ2n) is 5.41. The molecular weight excluding hydrogens is 308 g/mol. The van der Waals surface area contributed by atoms with E-state index in [0.29, 0.717) is 17.1 Å². The number of methoxy groups -OCH3 is 1. The Labute approximate surface area is 138 Å². The molecule has 0 radical (unpaired) electrons. The van der Waals surface area contributed by atoms with Crippen LogP contribution >= 0.6 is 0 Å². The zero-order valence-corrected chi connectivity index (χ0v) is 13.1. The molecule has 0 amide bonds. The van der Waals surface area contributed by atoms with Crippen LogP contribution in [0.4, 0.5) is 0 Å². The maximum absolute atomic E-state index is 8.94. The van der Waals surface area contributed by atoms with Gasteiger partial charge in [0, 0.05) is 10.9 Å². The Bertz CT molecular complexity index is 923. The van der Waals surface area contributed by atoms with Gasteiger partial charge in [-0.1, -0.05) is 12.2 Å². The van der Waals surface area contributed by atoms with Gasteiger partial charge in [0.15, 0.2) is 22.8 Å². The number of ether oxygens (including phenoxy) is 3. The number of hydrogen-bond acceptors (Lipinski definition) is 5. The Morgan fingerprint density at radius 3 is 2.83 bits per heavy atom. The fourth-order valence-corrected chi connectivity index (χ4v) is 2.77. The molecule has 1 N–H and O–H groups in total. The predicted octanol–water partition coefficient (Wildman–Crippen LogP) is 3.84. The van der Waals surface area contributed by atoms with Crippen LogP contribution in [-0.2, 0) is 0 Å². The van der Waals surface area contributed by atoms with Crippen molar-refractivity contribution in [1.82, 2.24) is 0 Å². The zero-order valence-electron chi connectivity index (χ0n) is 13.1. The number of rotatable bonds is 4. The average molecular weight is 324 g/mol. The van der Waals surface area contributed by atoms with Crippen LogP contribution in [0.15, 0.2) is 46.9 Å². The van der Waals surface area contributed by atoms with Crippen LogP contribution in [0, 0.1) is 0 Å². The summed E-state index contributed by atoms with van der Waals surface area (Å²) in [7, 11) is 1.61. The minimum Gasteiger partial charge on any atom is -0.493 e. The number of aliphatic hydroxyl groups is 1. The van der Waals surface area contributed by atoms with Crippen LogP contribution in [0.1, 0.15) is 5.56 Å². The van der Waals surface area contributed by atoms with Crippen molar-refractivity contribution in [3.8, 4) is 28.6 Å². The van der Waals surface area contributed by atoms with E-state index in [9.17, 15) is 0 Å². The number of furan rings is 1. The molecular formula is C19H16O5. The van der Waals surface area contributed by atoms with Gasteiger partial charge in [-0.15, -0.1) is 0 Å². The molecule has 1 aliphatic heterocycles. The largest absolute Gasteiger partial charge is 0.493 e. The summed E-state index contributed by atoms with van der Waals surface area (Å²) in [5, 5.41) is 9.87. The maximum Gasteiger partial charge on any atom is 0.231 e. The first-order chi connectivity index (χ1) is 11.8. The number of benzene rings is 2. The van der Waals surface area contributed by atoms with E-state index in [2.05, 4.69) is 0 Å². The Hall–Kier alpha value is -2.92. The van der Waals surface area contributed by atoms with Gasteiger partial charge in [0.2, 0.25) is 6.79 Å². The highest BCUT2D eigenvalue weighted by Gasteiger charge is 2.17. The first-order valence-corrected chi connectivity index (χ1v) is 7.57. The predicted molar refractivity (Wildman–Crippen MR) is 90.4 cm³/mol. The van der Waals surface area contributed by atoms with E-state index in [1.165, 1.54) is 0 Å². The van der Waals surface area contributed by atoms with E-state index in [-0.39, 0.29) is 13.4 Å². The van der Waals surface area contributed by atoms with Crippen molar-refractivity contribution in [3.05, 3.63) is 48.0 Å². The molecule has 0 saturated carbocycles. The Kier molecular flexibility index (Phi) is 3.63. The molecule has 2 aromatic carbocycles. The fraction of sp³-hybridized carbons (Fsp3) is 0.158. The van der Waals surface area contributed by atoms with Crippen molar-refractivity contribution in [2.24, 2.45) is 0 Å². The first kappa shape index (κ1) is 14.7. The van der Waals surface area contributed by atoms with Crippen molar-refractivity contribution in [2.75, 3.05) is 20.5 Å². The molecule has 0 spiro atoms. The number of aliphatic hydroxyl groups excluding tert-OH is 1. The van der Waals surface area contributed by atoms with Crippen LogP contribution in [0.25, 0.3) is 28.4 Å². The number of hydrogen-bond donors (Lipinski definition) is 1. The van der Waals surface area contributed by atoms with Crippen molar-refractivity contribution >= 4 is 17.0 Å². The molecule has 4 rings (SSSR count). The Morgan fingerprint density at radius 2 is 2.00 bits per heavy atom. The zero-order chi connectivity index (χ0) is 16.5. The molecule has 2 heterocycles. The molecule has 5 heteroatoms. The minimum atomic E-state index is -0.00577. The van der Waals surface area contributed by atoms with Crippen LogP contribution in [0.2, 0.25) is 0 Å². The third kappa shape index (κ3) is 2.49. The van der Waals surface area contributed by atoms with Crippen molar-refractivity contribution in [1.29, 1.82) is 0 Å². The molecule has 0 aliphatic carbocycles. The fourth-order valence-electron chi connectivity index (χ4n) is 2.77. The third-order valence-electron chi connectivity index (χ3n) is 3.90. The summed E-state index contributed by atoms with van der Waals surface area (Å²) in [6.07, 6.45) is 3.52. The molecule has 0 unspecified atom stereocenters. The van der Waals surface area contributed by atoms with E-state index >= 15 is 0 Å². The van der Waals surface area contributed by atoms with E-state index in [1.807, 2.05) is 42.5 Å². The molecule has 0 bridgehead atoms. The van der Waals surface area contributed by atoms with E-state index < -0.39 is 0 Å². The van der Waals surface area contributed by atoms with Gasteiger partial charge in [-0.25, -0.2) is 0 Å². The summed E-state index contributed by atoms with van der Waals surface area (Å²) in [6, 6.07) is 11.5. The molecule has 3 aromatic rings. The molecule has 5 nitrogen and oxygen atoms in total.